The molecule has 4 rings (SSSR count). The molecule has 4 aromatic rings. The summed E-state index contributed by atoms with van der Waals surface area (Å²) in [6.45, 7) is 4.50. The molecule has 0 bridgehead atoms. The first-order valence-corrected chi connectivity index (χ1v) is 9.47. The molecule has 0 fully saturated rings. The minimum Gasteiger partial charge on any atom is -0.332 e. The highest BCUT2D eigenvalue weighted by Gasteiger charge is 2.20. The summed E-state index contributed by atoms with van der Waals surface area (Å²) in [4.78, 5) is 21.9. The van der Waals surface area contributed by atoms with E-state index in [0.717, 1.165) is 41.3 Å². The fourth-order valence-electron chi connectivity index (χ4n) is 3.03. The number of carbonyl (C=O) groups excluding carboxylic acids is 1. The van der Waals surface area contributed by atoms with Gasteiger partial charge in [0.1, 0.15) is 27.2 Å². The molecule has 3 aromatic heterocycles. The maximum absolute atomic E-state index is 13.8. The van der Waals surface area contributed by atoms with Gasteiger partial charge in [0.25, 0.3) is 5.91 Å². The summed E-state index contributed by atoms with van der Waals surface area (Å²) < 4.78 is 29.2. The molecule has 0 radical (unpaired) electrons. The molecule has 5 nitrogen and oxygen atoms in total. The Kier molecular flexibility index (Phi) is 4.64. The molecule has 0 saturated heterocycles. The molecule has 0 aliphatic rings. The lowest BCUT2D eigenvalue weighted by Gasteiger charge is -2.05. The molecule has 1 amide bonds. The lowest BCUT2D eigenvalue weighted by atomic mass is 10.2. The van der Waals surface area contributed by atoms with Crippen LogP contribution < -0.4 is 5.32 Å². The predicted molar refractivity (Wildman–Crippen MR) is 106 cm³/mol. The van der Waals surface area contributed by atoms with Gasteiger partial charge in [-0.2, -0.15) is 0 Å². The summed E-state index contributed by atoms with van der Waals surface area (Å²) in [5.41, 5.74) is 2.05. The summed E-state index contributed by atoms with van der Waals surface area (Å²) in [6.07, 6.45) is 3.70. The second-order valence-corrected chi connectivity index (χ2v) is 7.21. The largest absolute Gasteiger partial charge is 0.332 e. The van der Waals surface area contributed by atoms with Gasteiger partial charge in [0.2, 0.25) is 0 Å². The summed E-state index contributed by atoms with van der Waals surface area (Å²) in [7, 11) is 0. The number of carbonyl (C=O) groups is 1. The molecule has 0 aliphatic carbocycles. The van der Waals surface area contributed by atoms with Crippen molar-refractivity contribution in [3.63, 3.8) is 0 Å². The molecule has 142 valence electrons. The van der Waals surface area contributed by atoms with E-state index in [1.165, 1.54) is 11.3 Å². The van der Waals surface area contributed by atoms with E-state index in [9.17, 15) is 13.6 Å². The molecule has 0 spiro atoms. The lowest BCUT2D eigenvalue weighted by Crippen LogP contribution is -2.12. The molecule has 1 N–H and O–H groups in total. The van der Waals surface area contributed by atoms with Gasteiger partial charge >= 0.3 is 0 Å². The first-order valence-electron chi connectivity index (χ1n) is 8.66. The Labute approximate surface area is 163 Å². The topological polar surface area (TPSA) is 59.8 Å². The van der Waals surface area contributed by atoms with Crippen LogP contribution in [-0.4, -0.2) is 20.4 Å². The molecule has 3 heterocycles. The number of rotatable bonds is 4. The van der Waals surface area contributed by atoms with E-state index >= 15 is 0 Å². The number of aromatic nitrogens is 3. The van der Waals surface area contributed by atoms with Crippen molar-refractivity contribution in [3.8, 4) is 10.6 Å². The van der Waals surface area contributed by atoms with Crippen LogP contribution in [0, 0.1) is 18.6 Å². The van der Waals surface area contributed by atoms with Crippen molar-refractivity contribution in [2.45, 2.75) is 20.4 Å². The zero-order valence-electron chi connectivity index (χ0n) is 15.2. The molecular weight excluding hydrogens is 382 g/mol. The molecule has 8 heteroatoms. The fraction of sp³-hybridized carbons (Fsp3) is 0.150. The number of nitrogens with one attached hydrogen (secondary N) is 1. The van der Waals surface area contributed by atoms with Crippen LogP contribution in [0.2, 0.25) is 0 Å². The maximum atomic E-state index is 13.8. The van der Waals surface area contributed by atoms with Gasteiger partial charge in [-0.3, -0.25) is 4.79 Å². The van der Waals surface area contributed by atoms with Gasteiger partial charge in [0.15, 0.2) is 0 Å². The zero-order chi connectivity index (χ0) is 19.8. The van der Waals surface area contributed by atoms with Gasteiger partial charge in [-0.05, 0) is 38.1 Å². The van der Waals surface area contributed by atoms with Crippen molar-refractivity contribution in [2.75, 3.05) is 5.32 Å². The van der Waals surface area contributed by atoms with Crippen molar-refractivity contribution in [2.24, 2.45) is 0 Å². The predicted octanol–water partition coefficient (Wildman–Crippen LogP) is 5.02. The van der Waals surface area contributed by atoms with Crippen LogP contribution in [-0.2, 0) is 6.54 Å². The van der Waals surface area contributed by atoms with Crippen molar-refractivity contribution >= 4 is 34.0 Å². The number of hydrogen-bond donors (Lipinski definition) is 1. The van der Waals surface area contributed by atoms with E-state index < -0.39 is 17.5 Å². The lowest BCUT2D eigenvalue weighted by molar-refractivity contribution is 0.102. The number of amides is 1. The van der Waals surface area contributed by atoms with E-state index in [-0.39, 0.29) is 5.69 Å². The SMILES string of the molecule is CCn1cc(-c2nc(C)c(C(=O)Nc3cc(F)ccc3F)s2)c2cccnc21. The Morgan fingerprint density at radius 1 is 1.29 bits per heavy atom. The Balaban J connectivity index is 1.71. The van der Waals surface area contributed by atoms with Crippen molar-refractivity contribution in [1.82, 2.24) is 14.5 Å². The minimum atomic E-state index is -0.700. The highest BCUT2D eigenvalue weighted by molar-refractivity contribution is 7.17. The average Bonchev–Trinajstić information content (AvgIpc) is 3.25. The van der Waals surface area contributed by atoms with Crippen LogP contribution in [0.25, 0.3) is 21.6 Å². The second kappa shape index (κ2) is 7.12. The van der Waals surface area contributed by atoms with Crippen LogP contribution in [0.3, 0.4) is 0 Å². The molecular formula is C20H16F2N4OS. The van der Waals surface area contributed by atoms with Gasteiger partial charge in [0.05, 0.1) is 11.4 Å². The van der Waals surface area contributed by atoms with Crippen LogP contribution in [0.4, 0.5) is 14.5 Å². The van der Waals surface area contributed by atoms with E-state index in [0.29, 0.717) is 15.6 Å². The number of fused-ring (bicyclic) bond motifs is 1. The van der Waals surface area contributed by atoms with Crippen LogP contribution >= 0.6 is 11.3 Å². The van der Waals surface area contributed by atoms with E-state index in [2.05, 4.69) is 15.3 Å². The van der Waals surface area contributed by atoms with E-state index in [1.54, 1.807) is 13.1 Å². The normalized spacial score (nSPS) is 11.1. The monoisotopic (exact) mass is 398 g/mol. The highest BCUT2D eigenvalue weighted by atomic mass is 32.1. The molecule has 0 atom stereocenters. The number of thiazole rings is 1. The standard InChI is InChI=1S/C20H16F2N4OS/c1-3-26-10-14(13-5-4-8-23-18(13)26)20-24-11(2)17(28-20)19(27)25-16-9-12(21)6-7-15(16)22/h4-10H,3H2,1-2H3,(H,25,27). The van der Waals surface area contributed by atoms with Gasteiger partial charge in [0, 0.05) is 36.0 Å². The van der Waals surface area contributed by atoms with E-state index in [1.807, 2.05) is 29.8 Å². The van der Waals surface area contributed by atoms with Crippen molar-refractivity contribution in [1.29, 1.82) is 0 Å². The molecule has 1 aromatic carbocycles. The number of benzene rings is 1. The zero-order valence-corrected chi connectivity index (χ0v) is 16.0. The molecule has 0 aliphatic heterocycles. The maximum Gasteiger partial charge on any atom is 0.267 e. The Morgan fingerprint density at radius 2 is 2.11 bits per heavy atom. The first kappa shape index (κ1) is 18.2. The van der Waals surface area contributed by atoms with E-state index in [4.69, 9.17) is 0 Å². The summed E-state index contributed by atoms with van der Waals surface area (Å²) >= 11 is 1.21. The number of hydrogen-bond acceptors (Lipinski definition) is 4. The Bertz CT molecular complexity index is 1200. The van der Waals surface area contributed by atoms with Gasteiger partial charge < -0.3 is 9.88 Å². The number of anilines is 1. The number of aryl methyl sites for hydroxylation is 2. The third-order valence-electron chi connectivity index (χ3n) is 4.38. The summed E-state index contributed by atoms with van der Waals surface area (Å²) in [5.74, 6) is -1.85. The van der Waals surface area contributed by atoms with Crippen LogP contribution in [0.1, 0.15) is 22.3 Å². The second-order valence-electron chi connectivity index (χ2n) is 6.22. The Morgan fingerprint density at radius 3 is 2.89 bits per heavy atom. The Hall–Kier alpha value is -3.13. The third-order valence-corrected chi connectivity index (χ3v) is 5.57. The van der Waals surface area contributed by atoms with Crippen LogP contribution in [0.5, 0.6) is 0 Å². The minimum absolute atomic E-state index is 0.203. The quantitative estimate of drug-likeness (QED) is 0.525. The molecule has 28 heavy (non-hydrogen) atoms. The van der Waals surface area contributed by atoms with Gasteiger partial charge in [-0.1, -0.05) is 0 Å². The summed E-state index contributed by atoms with van der Waals surface area (Å²) in [6, 6.07) is 6.74. The van der Waals surface area contributed by atoms with Crippen LogP contribution in [0.15, 0.2) is 42.7 Å². The number of pyridine rings is 1. The summed E-state index contributed by atoms with van der Waals surface area (Å²) in [5, 5.41) is 4.04. The van der Waals surface area contributed by atoms with Crippen molar-refractivity contribution < 1.29 is 13.6 Å². The van der Waals surface area contributed by atoms with Gasteiger partial charge in [-0.25, -0.2) is 18.7 Å². The molecule has 0 saturated carbocycles. The third kappa shape index (κ3) is 3.16. The smallest absolute Gasteiger partial charge is 0.267 e. The first-order chi connectivity index (χ1) is 13.5. The van der Waals surface area contributed by atoms with Crippen molar-refractivity contribution in [3.05, 3.63) is 64.9 Å². The average molecular weight is 398 g/mol. The fourth-order valence-corrected chi connectivity index (χ4v) is 4.01. The highest BCUT2D eigenvalue weighted by Crippen LogP contribution is 2.34. The van der Waals surface area contributed by atoms with Gasteiger partial charge in [-0.15, -0.1) is 11.3 Å². The number of halogens is 2. The number of nitrogens with zero attached hydrogens (tertiary/aromatic N) is 3. The molecule has 0 unspecified atom stereocenters.